The van der Waals surface area contributed by atoms with Crippen LogP contribution in [0.3, 0.4) is 0 Å². The van der Waals surface area contributed by atoms with E-state index in [1.807, 2.05) is 29.2 Å². The Morgan fingerprint density at radius 3 is 2.73 bits per heavy atom. The maximum atomic E-state index is 14.4. The molecule has 1 fully saturated rings. The third-order valence-electron chi connectivity index (χ3n) is 5.81. The Balaban J connectivity index is 1.44. The molecule has 1 saturated heterocycles. The van der Waals surface area contributed by atoms with Gasteiger partial charge in [-0.25, -0.2) is 9.07 Å². The average Bonchev–Trinajstić information content (AvgIpc) is 3.37. The van der Waals surface area contributed by atoms with Crippen molar-refractivity contribution in [3.05, 3.63) is 81.3 Å². The van der Waals surface area contributed by atoms with Crippen LogP contribution in [0.15, 0.2) is 53.0 Å². The van der Waals surface area contributed by atoms with Crippen LogP contribution in [0.2, 0.25) is 0 Å². The van der Waals surface area contributed by atoms with Crippen molar-refractivity contribution in [3.63, 3.8) is 0 Å². The summed E-state index contributed by atoms with van der Waals surface area (Å²) < 4.78 is 22.9. The van der Waals surface area contributed by atoms with Crippen molar-refractivity contribution in [1.82, 2.24) is 14.7 Å². The second-order valence-corrected chi connectivity index (χ2v) is 8.57. The first-order valence-corrected chi connectivity index (χ1v) is 10.9. The highest BCUT2D eigenvalue weighted by Crippen LogP contribution is 2.31. The van der Waals surface area contributed by atoms with E-state index in [0.717, 1.165) is 40.6 Å². The molecule has 0 radical (unpaired) electrons. The highest BCUT2D eigenvalue weighted by Gasteiger charge is 2.33. The summed E-state index contributed by atoms with van der Waals surface area (Å²) >= 11 is 3.45. The number of aromatic nitrogens is 2. The van der Waals surface area contributed by atoms with Gasteiger partial charge >= 0.3 is 0 Å². The molecule has 5 nitrogen and oxygen atoms in total. The van der Waals surface area contributed by atoms with Gasteiger partial charge in [-0.15, -0.1) is 0 Å². The summed E-state index contributed by atoms with van der Waals surface area (Å²) in [6.07, 6.45) is 2.38. The van der Waals surface area contributed by atoms with Crippen LogP contribution in [0.1, 0.15) is 39.8 Å². The van der Waals surface area contributed by atoms with Crippen molar-refractivity contribution in [3.8, 4) is 5.69 Å². The fourth-order valence-corrected chi connectivity index (χ4v) is 4.56. The zero-order valence-corrected chi connectivity index (χ0v) is 17.9. The number of hydrogen-bond donors (Lipinski definition) is 0. The summed E-state index contributed by atoms with van der Waals surface area (Å²) in [7, 11) is 0. The summed E-state index contributed by atoms with van der Waals surface area (Å²) in [4.78, 5) is 15.2. The predicted octanol–water partition coefficient (Wildman–Crippen LogP) is 4.48. The molecule has 2 aliphatic rings. The van der Waals surface area contributed by atoms with E-state index in [1.54, 1.807) is 22.9 Å². The Bertz CT molecular complexity index is 1100. The number of ether oxygens (including phenoxy) is 1. The first kappa shape index (κ1) is 19.5. The van der Waals surface area contributed by atoms with Gasteiger partial charge in [-0.05, 0) is 49.1 Å². The van der Waals surface area contributed by atoms with Crippen LogP contribution < -0.4 is 0 Å². The van der Waals surface area contributed by atoms with Gasteiger partial charge in [0, 0.05) is 22.3 Å². The number of rotatable bonds is 3. The number of amides is 1. The van der Waals surface area contributed by atoms with E-state index in [-0.39, 0.29) is 17.8 Å². The summed E-state index contributed by atoms with van der Waals surface area (Å²) in [5.74, 6) is -0.441. The van der Waals surface area contributed by atoms with E-state index in [0.29, 0.717) is 31.1 Å². The maximum Gasteiger partial charge on any atom is 0.274 e. The number of benzene rings is 2. The Morgan fingerprint density at radius 1 is 1.13 bits per heavy atom. The molecule has 154 valence electrons. The zero-order chi connectivity index (χ0) is 20.7. The Morgan fingerprint density at radius 2 is 1.93 bits per heavy atom. The summed E-state index contributed by atoms with van der Waals surface area (Å²) in [5, 5.41) is 4.59. The molecule has 1 atom stereocenters. The van der Waals surface area contributed by atoms with Crippen molar-refractivity contribution < 1.29 is 13.9 Å². The molecule has 0 spiro atoms. The van der Waals surface area contributed by atoms with Crippen LogP contribution in [0.25, 0.3) is 5.69 Å². The number of nitrogens with zero attached hydrogens (tertiary/aromatic N) is 3. The van der Waals surface area contributed by atoms with Crippen LogP contribution in [0, 0.1) is 5.82 Å². The Labute approximate surface area is 182 Å². The summed E-state index contributed by atoms with van der Waals surface area (Å²) in [6, 6.07) is 14.5. The molecule has 5 rings (SSSR count). The normalized spacial score (nSPS) is 18.5. The van der Waals surface area contributed by atoms with Gasteiger partial charge in [0.15, 0.2) is 5.69 Å². The average molecular weight is 470 g/mol. The molecule has 1 aromatic heterocycles. The van der Waals surface area contributed by atoms with Crippen LogP contribution in [-0.2, 0) is 17.6 Å². The van der Waals surface area contributed by atoms with E-state index < -0.39 is 0 Å². The van der Waals surface area contributed by atoms with Crippen LogP contribution in [0.5, 0.6) is 0 Å². The van der Waals surface area contributed by atoms with Gasteiger partial charge in [0.05, 0.1) is 13.2 Å². The van der Waals surface area contributed by atoms with E-state index in [1.165, 1.54) is 6.07 Å². The van der Waals surface area contributed by atoms with Crippen molar-refractivity contribution >= 4 is 21.8 Å². The molecule has 1 unspecified atom stereocenters. The van der Waals surface area contributed by atoms with E-state index in [4.69, 9.17) is 4.74 Å². The fraction of sp³-hybridized carbons (Fsp3) is 0.304. The van der Waals surface area contributed by atoms with E-state index in [9.17, 15) is 9.18 Å². The fourth-order valence-electron chi connectivity index (χ4n) is 4.29. The summed E-state index contributed by atoms with van der Waals surface area (Å²) in [6.45, 7) is 1.47. The van der Waals surface area contributed by atoms with E-state index >= 15 is 0 Å². The highest BCUT2D eigenvalue weighted by molar-refractivity contribution is 9.10. The molecule has 0 N–H and O–H groups in total. The lowest BCUT2D eigenvalue weighted by atomic mass is 10.1. The molecule has 3 aromatic rings. The monoisotopic (exact) mass is 469 g/mol. The summed E-state index contributed by atoms with van der Waals surface area (Å²) in [5.41, 5.74) is 3.78. The first-order chi connectivity index (χ1) is 14.6. The standard InChI is InChI=1S/C23H21BrFN3O2/c24-16-10-8-15(9-11-16)21-14-27(12-13-30-21)23(29)22-17-4-3-7-19(17)28(26-22)20-6-2-1-5-18(20)25/h1-2,5-6,8-11,21H,3-4,7,12-14H2. The van der Waals surface area contributed by atoms with Crippen molar-refractivity contribution in [2.45, 2.75) is 25.4 Å². The van der Waals surface area contributed by atoms with Crippen LogP contribution in [0.4, 0.5) is 4.39 Å². The molecular formula is C23H21BrFN3O2. The predicted molar refractivity (Wildman–Crippen MR) is 114 cm³/mol. The minimum Gasteiger partial charge on any atom is -0.370 e. The number of para-hydroxylation sites is 1. The van der Waals surface area contributed by atoms with Crippen molar-refractivity contribution in [2.75, 3.05) is 19.7 Å². The van der Waals surface area contributed by atoms with Gasteiger partial charge in [0.2, 0.25) is 0 Å². The second-order valence-electron chi connectivity index (χ2n) is 7.65. The number of morpholine rings is 1. The SMILES string of the molecule is O=C(c1nn(-c2ccccc2F)c2c1CCC2)N1CCOC(c2ccc(Br)cc2)C1. The van der Waals surface area contributed by atoms with Crippen molar-refractivity contribution in [2.24, 2.45) is 0 Å². The van der Waals surface area contributed by atoms with Gasteiger partial charge in [0.1, 0.15) is 17.6 Å². The van der Waals surface area contributed by atoms with Crippen LogP contribution >= 0.6 is 15.9 Å². The number of halogens is 2. The Hall–Kier alpha value is -2.51. The van der Waals surface area contributed by atoms with Crippen LogP contribution in [-0.4, -0.2) is 40.3 Å². The third kappa shape index (κ3) is 3.46. The van der Waals surface area contributed by atoms with Crippen molar-refractivity contribution in [1.29, 1.82) is 0 Å². The Kier molecular flexibility index (Phi) is 5.16. The zero-order valence-electron chi connectivity index (χ0n) is 16.4. The van der Waals surface area contributed by atoms with Gasteiger partial charge in [-0.1, -0.05) is 40.2 Å². The number of carbonyl (C=O) groups is 1. The molecule has 0 bridgehead atoms. The maximum absolute atomic E-state index is 14.4. The number of carbonyl (C=O) groups excluding carboxylic acids is 1. The molecule has 2 aromatic carbocycles. The topological polar surface area (TPSA) is 47.4 Å². The minimum absolute atomic E-state index is 0.103. The molecular weight excluding hydrogens is 449 g/mol. The molecule has 2 heterocycles. The van der Waals surface area contributed by atoms with Gasteiger partial charge in [-0.3, -0.25) is 4.79 Å². The van der Waals surface area contributed by atoms with Gasteiger partial charge in [-0.2, -0.15) is 5.10 Å². The van der Waals surface area contributed by atoms with Gasteiger partial charge < -0.3 is 9.64 Å². The molecule has 7 heteroatoms. The molecule has 0 saturated carbocycles. The first-order valence-electron chi connectivity index (χ1n) is 10.1. The lowest BCUT2D eigenvalue weighted by molar-refractivity contribution is -0.0230. The van der Waals surface area contributed by atoms with E-state index in [2.05, 4.69) is 21.0 Å². The largest absolute Gasteiger partial charge is 0.370 e. The lowest BCUT2D eigenvalue weighted by Gasteiger charge is -2.33. The molecule has 30 heavy (non-hydrogen) atoms. The minimum atomic E-state index is -0.338. The number of fused-ring (bicyclic) bond motifs is 1. The number of hydrogen-bond acceptors (Lipinski definition) is 3. The third-order valence-corrected chi connectivity index (χ3v) is 6.34. The van der Waals surface area contributed by atoms with Gasteiger partial charge in [0.25, 0.3) is 5.91 Å². The highest BCUT2D eigenvalue weighted by atomic mass is 79.9. The molecule has 1 aliphatic carbocycles. The smallest absolute Gasteiger partial charge is 0.274 e. The quantitative estimate of drug-likeness (QED) is 0.568. The second kappa shape index (κ2) is 7.96. The lowest BCUT2D eigenvalue weighted by Crippen LogP contribution is -2.42. The molecule has 1 amide bonds. The molecule has 1 aliphatic heterocycles.